The molecule has 0 heterocycles. The Morgan fingerprint density at radius 2 is 2.29 bits per heavy atom. The van der Waals surface area contributed by atoms with Crippen molar-refractivity contribution in [2.24, 2.45) is 11.7 Å². The number of carbonyl (C=O) groups is 1. The molecular formula is C10H20N2OS. The zero-order valence-electron chi connectivity index (χ0n) is 8.95. The average Bonchev–Trinajstić information content (AvgIpc) is 2.16. The minimum absolute atomic E-state index is 0.0563. The van der Waals surface area contributed by atoms with Crippen LogP contribution in [-0.4, -0.2) is 30.0 Å². The topological polar surface area (TPSA) is 55.1 Å². The first-order valence-corrected chi connectivity index (χ1v) is 5.97. The summed E-state index contributed by atoms with van der Waals surface area (Å²) < 4.78 is 0. The van der Waals surface area contributed by atoms with Crippen LogP contribution in [0.3, 0.4) is 0 Å². The molecular weight excluding hydrogens is 196 g/mol. The van der Waals surface area contributed by atoms with Crippen LogP contribution in [-0.2, 0) is 4.79 Å². The Balaban J connectivity index is 3.49. The molecule has 0 aromatic rings. The van der Waals surface area contributed by atoms with Crippen molar-refractivity contribution in [2.75, 3.05) is 18.1 Å². The van der Waals surface area contributed by atoms with Gasteiger partial charge in [0.2, 0.25) is 5.91 Å². The van der Waals surface area contributed by atoms with E-state index >= 15 is 0 Å². The first kappa shape index (κ1) is 13.5. The summed E-state index contributed by atoms with van der Waals surface area (Å²) >= 11 is 1.74. The molecule has 3 N–H and O–H groups in total. The summed E-state index contributed by atoms with van der Waals surface area (Å²) in [6, 6.07) is -0.389. The zero-order valence-corrected chi connectivity index (χ0v) is 9.77. The fourth-order valence-corrected chi connectivity index (χ4v) is 1.41. The summed E-state index contributed by atoms with van der Waals surface area (Å²) in [5, 5.41) is 2.80. The maximum atomic E-state index is 11.4. The van der Waals surface area contributed by atoms with E-state index in [1.165, 1.54) is 0 Å². The van der Waals surface area contributed by atoms with E-state index in [2.05, 4.69) is 11.9 Å². The van der Waals surface area contributed by atoms with Crippen LogP contribution < -0.4 is 11.1 Å². The molecule has 82 valence electrons. The van der Waals surface area contributed by atoms with E-state index in [0.29, 0.717) is 6.54 Å². The molecule has 0 aliphatic carbocycles. The molecule has 4 heteroatoms. The van der Waals surface area contributed by atoms with Crippen molar-refractivity contribution in [3.63, 3.8) is 0 Å². The number of hydrogen-bond donors (Lipinski definition) is 2. The van der Waals surface area contributed by atoms with E-state index in [-0.39, 0.29) is 17.9 Å². The number of nitrogens with two attached hydrogens (primary N) is 1. The van der Waals surface area contributed by atoms with Gasteiger partial charge in [0.05, 0.1) is 6.04 Å². The second-order valence-electron chi connectivity index (χ2n) is 3.42. The maximum Gasteiger partial charge on any atom is 0.237 e. The number of thioether (sulfide) groups is 1. The third-order valence-corrected chi connectivity index (χ3v) is 2.77. The van der Waals surface area contributed by atoms with Crippen LogP contribution in [0, 0.1) is 5.92 Å². The number of carbonyl (C=O) groups excluding carboxylic acids is 1. The smallest absolute Gasteiger partial charge is 0.237 e. The van der Waals surface area contributed by atoms with E-state index in [1.54, 1.807) is 11.8 Å². The van der Waals surface area contributed by atoms with Crippen LogP contribution in [0.25, 0.3) is 0 Å². The number of nitrogens with one attached hydrogen (secondary N) is 1. The summed E-state index contributed by atoms with van der Waals surface area (Å²) in [5.74, 6) is 1.96. The first-order valence-electron chi connectivity index (χ1n) is 4.81. The van der Waals surface area contributed by atoms with Crippen LogP contribution in [0.4, 0.5) is 0 Å². The van der Waals surface area contributed by atoms with Gasteiger partial charge in [0.15, 0.2) is 0 Å². The molecule has 3 nitrogen and oxygen atoms in total. The van der Waals surface area contributed by atoms with Gasteiger partial charge < -0.3 is 11.1 Å². The molecule has 0 bridgehead atoms. The summed E-state index contributed by atoms with van der Waals surface area (Å²) in [6.45, 7) is 8.18. The lowest BCUT2D eigenvalue weighted by Gasteiger charge is -2.14. The molecule has 0 aromatic heterocycles. The lowest BCUT2D eigenvalue weighted by molar-refractivity contribution is -0.123. The Kier molecular flexibility index (Phi) is 7.61. The van der Waals surface area contributed by atoms with Gasteiger partial charge in [-0.05, 0) is 5.92 Å². The van der Waals surface area contributed by atoms with Crippen molar-refractivity contribution >= 4 is 17.7 Å². The molecule has 1 atom stereocenters. The molecule has 0 saturated heterocycles. The maximum absolute atomic E-state index is 11.4. The van der Waals surface area contributed by atoms with Gasteiger partial charge in [-0.25, -0.2) is 0 Å². The molecule has 1 amide bonds. The fourth-order valence-electron chi connectivity index (χ4n) is 0.834. The molecule has 0 saturated carbocycles. The van der Waals surface area contributed by atoms with Gasteiger partial charge in [0.1, 0.15) is 0 Å². The van der Waals surface area contributed by atoms with E-state index in [0.717, 1.165) is 11.5 Å². The van der Waals surface area contributed by atoms with E-state index in [4.69, 9.17) is 5.73 Å². The largest absolute Gasteiger partial charge is 0.354 e. The SMILES string of the molecule is C=CCSCCNC(=O)C(N)C(C)C. The third kappa shape index (κ3) is 6.05. The Morgan fingerprint density at radius 3 is 2.79 bits per heavy atom. The highest BCUT2D eigenvalue weighted by Gasteiger charge is 2.15. The molecule has 0 radical (unpaired) electrons. The Labute approximate surface area is 90.5 Å². The van der Waals surface area contributed by atoms with Crippen LogP contribution >= 0.6 is 11.8 Å². The minimum atomic E-state index is -0.389. The second-order valence-corrected chi connectivity index (χ2v) is 4.57. The van der Waals surface area contributed by atoms with Gasteiger partial charge in [0, 0.05) is 18.1 Å². The molecule has 0 rings (SSSR count). The van der Waals surface area contributed by atoms with Crippen molar-refractivity contribution in [3.8, 4) is 0 Å². The van der Waals surface area contributed by atoms with Crippen molar-refractivity contribution in [3.05, 3.63) is 12.7 Å². The molecule has 14 heavy (non-hydrogen) atoms. The highest BCUT2D eigenvalue weighted by atomic mass is 32.2. The summed E-state index contributed by atoms with van der Waals surface area (Å²) in [5.41, 5.74) is 5.67. The molecule has 1 unspecified atom stereocenters. The van der Waals surface area contributed by atoms with Gasteiger partial charge >= 0.3 is 0 Å². The third-order valence-electron chi connectivity index (χ3n) is 1.80. The monoisotopic (exact) mass is 216 g/mol. The van der Waals surface area contributed by atoms with Crippen LogP contribution in [0.1, 0.15) is 13.8 Å². The zero-order chi connectivity index (χ0) is 11.0. The quantitative estimate of drug-likeness (QED) is 0.493. The standard InChI is InChI=1S/C10H20N2OS/c1-4-6-14-7-5-12-10(13)9(11)8(2)3/h4,8-9H,1,5-7,11H2,2-3H3,(H,12,13). The van der Waals surface area contributed by atoms with Gasteiger partial charge in [-0.15, -0.1) is 6.58 Å². The Hall–Kier alpha value is -0.480. The first-order chi connectivity index (χ1) is 6.59. The van der Waals surface area contributed by atoms with Crippen molar-refractivity contribution in [1.82, 2.24) is 5.32 Å². The predicted molar refractivity (Wildman–Crippen MR) is 63.3 cm³/mol. The lowest BCUT2D eigenvalue weighted by Crippen LogP contribution is -2.44. The average molecular weight is 216 g/mol. The highest BCUT2D eigenvalue weighted by molar-refractivity contribution is 7.99. The second kappa shape index (κ2) is 7.88. The van der Waals surface area contributed by atoms with E-state index in [1.807, 2.05) is 19.9 Å². The van der Waals surface area contributed by atoms with Crippen molar-refractivity contribution in [1.29, 1.82) is 0 Å². The normalized spacial score (nSPS) is 12.6. The van der Waals surface area contributed by atoms with Gasteiger partial charge in [-0.1, -0.05) is 19.9 Å². The summed E-state index contributed by atoms with van der Waals surface area (Å²) in [4.78, 5) is 11.4. The van der Waals surface area contributed by atoms with Gasteiger partial charge in [0.25, 0.3) is 0 Å². The Bertz CT molecular complexity index is 183. The van der Waals surface area contributed by atoms with Crippen molar-refractivity contribution < 1.29 is 4.79 Å². The number of amides is 1. The molecule has 0 spiro atoms. The van der Waals surface area contributed by atoms with Crippen LogP contribution in [0.15, 0.2) is 12.7 Å². The summed E-state index contributed by atoms with van der Waals surface area (Å²) in [6.07, 6.45) is 1.85. The lowest BCUT2D eigenvalue weighted by atomic mass is 10.1. The van der Waals surface area contributed by atoms with E-state index < -0.39 is 0 Å². The fraction of sp³-hybridized carbons (Fsp3) is 0.700. The highest BCUT2D eigenvalue weighted by Crippen LogP contribution is 1.99. The minimum Gasteiger partial charge on any atom is -0.354 e. The van der Waals surface area contributed by atoms with E-state index in [9.17, 15) is 4.79 Å². The molecule has 0 aliphatic rings. The predicted octanol–water partition coefficient (Wildman–Crippen LogP) is 1.01. The summed E-state index contributed by atoms with van der Waals surface area (Å²) in [7, 11) is 0. The molecule has 0 aromatic carbocycles. The van der Waals surface area contributed by atoms with Crippen LogP contribution in [0.5, 0.6) is 0 Å². The Morgan fingerprint density at radius 1 is 1.64 bits per heavy atom. The number of rotatable bonds is 7. The van der Waals surface area contributed by atoms with Gasteiger partial charge in [-0.2, -0.15) is 11.8 Å². The molecule has 0 aliphatic heterocycles. The number of hydrogen-bond acceptors (Lipinski definition) is 3. The molecule has 0 fully saturated rings. The van der Waals surface area contributed by atoms with Crippen molar-refractivity contribution in [2.45, 2.75) is 19.9 Å². The van der Waals surface area contributed by atoms with Gasteiger partial charge in [-0.3, -0.25) is 4.79 Å². The van der Waals surface area contributed by atoms with Crippen LogP contribution in [0.2, 0.25) is 0 Å².